The van der Waals surface area contributed by atoms with E-state index in [0.29, 0.717) is 11.3 Å². The standard InChI is InChI=1S/C10H12O4S/c1-6(9(11)12)5-7-3-4-15-8(7)10(13)14-2/h3-4,6H,5H2,1-2H3,(H,11,12). The van der Waals surface area contributed by atoms with Gasteiger partial charge in [-0.2, -0.15) is 0 Å². The molecule has 0 aliphatic rings. The second-order valence-electron chi connectivity index (χ2n) is 3.21. The molecule has 0 saturated carbocycles. The molecule has 0 aliphatic carbocycles. The quantitative estimate of drug-likeness (QED) is 0.798. The number of carboxylic acid groups (broad SMARTS) is 1. The van der Waals surface area contributed by atoms with Crippen LogP contribution in [0.5, 0.6) is 0 Å². The minimum Gasteiger partial charge on any atom is -0.481 e. The van der Waals surface area contributed by atoms with Crippen molar-refractivity contribution in [2.75, 3.05) is 7.11 Å². The lowest BCUT2D eigenvalue weighted by Gasteiger charge is -2.05. The van der Waals surface area contributed by atoms with Gasteiger partial charge in [-0.15, -0.1) is 11.3 Å². The minimum absolute atomic E-state index is 0.350. The average molecular weight is 228 g/mol. The van der Waals surface area contributed by atoms with Crippen LogP contribution < -0.4 is 0 Å². The first kappa shape index (κ1) is 11.7. The van der Waals surface area contributed by atoms with Crippen LogP contribution >= 0.6 is 11.3 Å². The van der Waals surface area contributed by atoms with Crippen LogP contribution in [0.1, 0.15) is 22.2 Å². The normalized spacial score (nSPS) is 12.1. The minimum atomic E-state index is -0.864. The molecule has 4 nitrogen and oxygen atoms in total. The number of hydrogen-bond donors (Lipinski definition) is 1. The predicted octanol–water partition coefficient (Wildman–Crippen LogP) is 1.80. The number of methoxy groups -OCH3 is 1. The first-order valence-corrected chi connectivity index (χ1v) is 5.31. The Morgan fingerprint density at radius 1 is 1.60 bits per heavy atom. The molecule has 0 bridgehead atoms. The molecule has 0 aliphatic heterocycles. The highest BCUT2D eigenvalue weighted by atomic mass is 32.1. The summed E-state index contributed by atoms with van der Waals surface area (Å²) < 4.78 is 4.60. The Kier molecular flexibility index (Phi) is 3.85. The molecule has 1 N–H and O–H groups in total. The van der Waals surface area contributed by atoms with Gasteiger partial charge >= 0.3 is 11.9 Å². The zero-order chi connectivity index (χ0) is 11.4. The number of carbonyl (C=O) groups is 2. The van der Waals surface area contributed by atoms with E-state index in [1.54, 1.807) is 18.4 Å². The number of thiophene rings is 1. The third-order valence-electron chi connectivity index (χ3n) is 2.07. The van der Waals surface area contributed by atoms with Crippen molar-refractivity contribution in [1.29, 1.82) is 0 Å². The van der Waals surface area contributed by atoms with Gasteiger partial charge in [-0.1, -0.05) is 6.92 Å². The van der Waals surface area contributed by atoms with Crippen LogP contribution in [-0.2, 0) is 16.0 Å². The van der Waals surface area contributed by atoms with Crippen LogP contribution in [0, 0.1) is 5.92 Å². The molecule has 0 amide bonds. The molecule has 1 aromatic rings. The van der Waals surface area contributed by atoms with Gasteiger partial charge in [-0.05, 0) is 23.4 Å². The first-order chi connectivity index (χ1) is 7.06. The van der Waals surface area contributed by atoms with Gasteiger partial charge in [0.1, 0.15) is 4.88 Å². The number of hydrogen-bond acceptors (Lipinski definition) is 4. The van der Waals surface area contributed by atoms with Gasteiger partial charge in [-0.3, -0.25) is 4.79 Å². The maximum atomic E-state index is 11.3. The number of carbonyl (C=O) groups excluding carboxylic acids is 1. The number of carboxylic acids is 1. The van der Waals surface area contributed by atoms with E-state index < -0.39 is 17.9 Å². The predicted molar refractivity (Wildman–Crippen MR) is 56.2 cm³/mol. The van der Waals surface area contributed by atoms with E-state index in [-0.39, 0.29) is 0 Å². The molecule has 0 saturated heterocycles. The summed E-state index contributed by atoms with van der Waals surface area (Å²) in [7, 11) is 1.31. The molecule has 0 fully saturated rings. The lowest BCUT2D eigenvalue weighted by molar-refractivity contribution is -0.141. The van der Waals surface area contributed by atoms with E-state index in [1.807, 2.05) is 0 Å². The number of rotatable bonds is 4. The van der Waals surface area contributed by atoms with Crippen molar-refractivity contribution in [3.63, 3.8) is 0 Å². The fourth-order valence-corrected chi connectivity index (χ4v) is 2.04. The number of ether oxygens (including phenoxy) is 1. The molecule has 1 aromatic heterocycles. The average Bonchev–Trinajstić information content (AvgIpc) is 2.64. The van der Waals surface area contributed by atoms with E-state index in [1.165, 1.54) is 18.4 Å². The molecular weight excluding hydrogens is 216 g/mol. The molecular formula is C10H12O4S. The van der Waals surface area contributed by atoms with Crippen molar-refractivity contribution in [3.8, 4) is 0 Å². The van der Waals surface area contributed by atoms with E-state index >= 15 is 0 Å². The van der Waals surface area contributed by atoms with Crippen LogP contribution in [0.15, 0.2) is 11.4 Å². The summed E-state index contributed by atoms with van der Waals surface area (Å²) in [6.07, 6.45) is 0.350. The van der Waals surface area contributed by atoms with Crippen LogP contribution in [0.25, 0.3) is 0 Å². The van der Waals surface area contributed by atoms with Gasteiger partial charge in [0.25, 0.3) is 0 Å². The van der Waals surface area contributed by atoms with Gasteiger partial charge in [0, 0.05) is 0 Å². The fraction of sp³-hybridized carbons (Fsp3) is 0.400. The van der Waals surface area contributed by atoms with Crippen molar-refractivity contribution in [3.05, 3.63) is 21.9 Å². The molecule has 1 unspecified atom stereocenters. The molecule has 1 heterocycles. The highest BCUT2D eigenvalue weighted by molar-refractivity contribution is 7.12. The zero-order valence-corrected chi connectivity index (χ0v) is 9.34. The monoisotopic (exact) mass is 228 g/mol. The van der Waals surface area contributed by atoms with Gasteiger partial charge in [0.05, 0.1) is 13.0 Å². The van der Waals surface area contributed by atoms with Crippen LogP contribution in [0.3, 0.4) is 0 Å². The molecule has 0 radical (unpaired) electrons. The summed E-state index contributed by atoms with van der Waals surface area (Å²) in [5.41, 5.74) is 0.738. The lowest BCUT2D eigenvalue weighted by Crippen LogP contribution is -2.13. The topological polar surface area (TPSA) is 63.6 Å². The number of esters is 1. The summed E-state index contributed by atoms with van der Waals surface area (Å²) >= 11 is 1.27. The third kappa shape index (κ3) is 2.79. The van der Waals surface area contributed by atoms with Crippen molar-refractivity contribution >= 4 is 23.3 Å². The van der Waals surface area contributed by atoms with Crippen LogP contribution in [0.2, 0.25) is 0 Å². The van der Waals surface area contributed by atoms with E-state index in [9.17, 15) is 9.59 Å². The van der Waals surface area contributed by atoms with Crippen molar-refractivity contribution in [2.24, 2.45) is 5.92 Å². The third-order valence-corrected chi connectivity index (χ3v) is 3.00. The highest BCUT2D eigenvalue weighted by Crippen LogP contribution is 2.21. The Bertz CT molecular complexity index is 369. The van der Waals surface area contributed by atoms with Crippen LogP contribution in [0.4, 0.5) is 0 Å². The summed E-state index contributed by atoms with van der Waals surface area (Å²) in [4.78, 5) is 22.4. The fourth-order valence-electron chi connectivity index (χ4n) is 1.19. The Labute approximate surface area is 91.5 Å². The molecule has 1 rings (SSSR count). The molecule has 1 atom stereocenters. The second-order valence-corrected chi connectivity index (χ2v) is 4.13. The van der Waals surface area contributed by atoms with Gasteiger partial charge in [0.15, 0.2) is 0 Å². The van der Waals surface area contributed by atoms with Crippen molar-refractivity contribution in [1.82, 2.24) is 0 Å². The maximum absolute atomic E-state index is 11.3. The smallest absolute Gasteiger partial charge is 0.348 e. The summed E-state index contributed by atoms with van der Waals surface area (Å²) in [5.74, 6) is -1.77. The van der Waals surface area contributed by atoms with Gasteiger partial charge in [0.2, 0.25) is 0 Å². The summed E-state index contributed by atoms with van der Waals surface area (Å²) in [5, 5.41) is 10.5. The largest absolute Gasteiger partial charge is 0.481 e. The van der Waals surface area contributed by atoms with Crippen molar-refractivity contribution in [2.45, 2.75) is 13.3 Å². The first-order valence-electron chi connectivity index (χ1n) is 4.43. The Morgan fingerprint density at radius 2 is 2.27 bits per heavy atom. The maximum Gasteiger partial charge on any atom is 0.348 e. The summed E-state index contributed by atoms with van der Waals surface area (Å²) in [6.45, 7) is 1.61. The molecule has 5 heteroatoms. The molecule has 0 spiro atoms. The van der Waals surface area contributed by atoms with E-state index in [4.69, 9.17) is 5.11 Å². The Balaban J connectivity index is 2.82. The second kappa shape index (κ2) is 4.93. The van der Waals surface area contributed by atoms with Crippen molar-refractivity contribution < 1.29 is 19.4 Å². The summed E-state index contributed by atoms with van der Waals surface area (Å²) in [6, 6.07) is 1.76. The Hall–Kier alpha value is -1.36. The highest BCUT2D eigenvalue weighted by Gasteiger charge is 2.18. The van der Waals surface area contributed by atoms with Gasteiger partial charge < -0.3 is 9.84 Å². The zero-order valence-electron chi connectivity index (χ0n) is 8.52. The SMILES string of the molecule is COC(=O)c1sccc1CC(C)C(=O)O. The lowest BCUT2D eigenvalue weighted by atomic mass is 10.0. The molecule has 0 aromatic carbocycles. The van der Waals surface area contributed by atoms with E-state index in [2.05, 4.69) is 4.74 Å². The Morgan fingerprint density at radius 3 is 2.80 bits per heavy atom. The molecule has 15 heavy (non-hydrogen) atoms. The number of aliphatic carboxylic acids is 1. The van der Waals surface area contributed by atoms with Crippen LogP contribution in [-0.4, -0.2) is 24.2 Å². The van der Waals surface area contributed by atoms with E-state index in [0.717, 1.165) is 5.56 Å². The van der Waals surface area contributed by atoms with Gasteiger partial charge in [-0.25, -0.2) is 4.79 Å². The molecule has 82 valence electrons.